The summed E-state index contributed by atoms with van der Waals surface area (Å²) in [6, 6.07) is 19.1. The number of ketones is 1. The molecule has 1 aliphatic carbocycles. The Morgan fingerprint density at radius 3 is 2.36 bits per heavy atom. The maximum absolute atomic E-state index is 12.6. The SMILES string of the molecule is CCOC(=O)[C@@H]1CN([C@@H]2C=CC(=O)[C@H]2c2ccccc2)O[C@H]1c1ccccc1. The maximum atomic E-state index is 12.6. The van der Waals surface area contributed by atoms with Gasteiger partial charge in [0.25, 0.3) is 0 Å². The molecule has 1 heterocycles. The number of nitrogens with zero attached hydrogens (tertiary/aromatic N) is 1. The van der Waals surface area contributed by atoms with Crippen LogP contribution in [0.15, 0.2) is 72.8 Å². The van der Waals surface area contributed by atoms with Gasteiger partial charge in [-0.2, -0.15) is 5.06 Å². The van der Waals surface area contributed by atoms with Crippen molar-refractivity contribution in [2.24, 2.45) is 5.92 Å². The first-order valence-electron chi connectivity index (χ1n) is 9.61. The van der Waals surface area contributed by atoms with Crippen molar-refractivity contribution in [3.8, 4) is 0 Å². The van der Waals surface area contributed by atoms with Crippen LogP contribution in [0.1, 0.15) is 30.1 Å². The van der Waals surface area contributed by atoms with Gasteiger partial charge in [-0.3, -0.25) is 14.4 Å². The van der Waals surface area contributed by atoms with Gasteiger partial charge < -0.3 is 4.74 Å². The van der Waals surface area contributed by atoms with E-state index in [9.17, 15) is 9.59 Å². The van der Waals surface area contributed by atoms with Crippen molar-refractivity contribution in [2.45, 2.75) is 25.0 Å². The van der Waals surface area contributed by atoms with Crippen LogP contribution in [0.5, 0.6) is 0 Å². The summed E-state index contributed by atoms with van der Waals surface area (Å²) >= 11 is 0. The lowest BCUT2D eigenvalue weighted by Crippen LogP contribution is -2.36. The number of hydrogen-bond donors (Lipinski definition) is 0. The molecule has 0 bridgehead atoms. The van der Waals surface area contributed by atoms with E-state index in [2.05, 4.69) is 0 Å². The molecule has 2 aliphatic rings. The Morgan fingerprint density at radius 1 is 1.07 bits per heavy atom. The topological polar surface area (TPSA) is 55.8 Å². The smallest absolute Gasteiger partial charge is 0.313 e. The zero-order valence-corrected chi connectivity index (χ0v) is 15.7. The van der Waals surface area contributed by atoms with Crippen LogP contribution < -0.4 is 0 Å². The highest BCUT2D eigenvalue weighted by molar-refractivity contribution is 5.99. The van der Waals surface area contributed by atoms with E-state index in [1.54, 1.807) is 18.1 Å². The average Bonchev–Trinajstić information content (AvgIpc) is 3.33. The van der Waals surface area contributed by atoms with Crippen LogP contribution in [0.3, 0.4) is 0 Å². The molecule has 0 unspecified atom stereocenters. The Hall–Kier alpha value is -2.76. The zero-order valence-electron chi connectivity index (χ0n) is 15.7. The molecular weight excluding hydrogens is 354 g/mol. The Balaban J connectivity index is 1.62. The Kier molecular flexibility index (Phi) is 5.37. The van der Waals surface area contributed by atoms with Gasteiger partial charge in [0.1, 0.15) is 12.0 Å². The van der Waals surface area contributed by atoms with Crippen LogP contribution in [0, 0.1) is 5.92 Å². The third-order valence-electron chi connectivity index (χ3n) is 5.31. The Bertz CT molecular complexity index is 865. The minimum atomic E-state index is -0.442. The third-order valence-corrected chi connectivity index (χ3v) is 5.31. The standard InChI is InChI=1S/C23H23NO4/c1-2-27-23(26)18-15-24(28-22(18)17-11-7-4-8-12-17)19-13-14-20(25)21(19)16-9-5-3-6-10-16/h3-14,18-19,21-22H,2,15H2,1H3/t18-,19-,21+,22+/m1/s1. The zero-order chi connectivity index (χ0) is 19.5. The number of ether oxygens (including phenoxy) is 1. The van der Waals surface area contributed by atoms with Gasteiger partial charge in [0.15, 0.2) is 5.78 Å². The van der Waals surface area contributed by atoms with E-state index in [0.717, 1.165) is 11.1 Å². The summed E-state index contributed by atoms with van der Waals surface area (Å²) in [5.41, 5.74) is 1.87. The first-order valence-corrected chi connectivity index (χ1v) is 9.61. The van der Waals surface area contributed by atoms with Crippen LogP contribution in [0.4, 0.5) is 0 Å². The molecule has 5 heteroatoms. The molecule has 0 amide bonds. The Morgan fingerprint density at radius 2 is 1.71 bits per heavy atom. The van der Waals surface area contributed by atoms with Gasteiger partial charge in [-0.1, -0.05) is 66.7 Å². The summed E-state index contributed by atoms with van der Waals surface area (Å²) in [6.07, 6.45) is 3.05. The normalized spacial score (nSPS) is 27.2. The Labute approximate surface area is 164 Å². The van der Waals surface area contributed by atoms with Crippen molar-refractivity contribution in [3.63, 3.8) is 0 Å². The van der Waals surface area contributed by atoms with Crippen molar-refractivity contribution in [3.05, 3.63) is 83.9 Å². The minimum absolute atomic E-state index is 0.0515. The van der Waals surface area contributed by atoms with E-state index in [1.165, 1.54) is 0 Å². The van der Waals surface area contributed by atoms with Gasteiger partial charge in [-0.05, 0) is 24.1 Å². The molecule has 4 atom stereocenters. The first-order chi connectivity index (χ1) is 13.7. The van der Waals surface area contributed by atoms with Gasteiger partial charge >= 0.3 is 5.97 Å². The summed E-state index contributed by atoms with van der Waals surface area (Å²) in [6.45, 7) is 2.50. The fourth-order valence-electron chi connectivity index (χ4n) is 3.99. The summed E-state index contributed by atoms with van der Waals surface area (Å²) < 4.78 is 5.29. The predicted molar refractivity (Wildman–Crippen MR) is 104 cm³/mol. The molecule has 144 valence electrons. The summed E-state index contributed by atoms with van der Waals surface area (Å²) in [5, 5.41) is 1.78. The van der Waals surface area contributed by atoms with Crippen LogP contribution in [0.25, 0.3) is 0 Å². The van der Waals surface area contributed by atoms with Gasteiger partial charge in [0, 0.05) is 6.54 Å². The van der Waals surface area contributed by atoms with Crippen molar-refractivity contribution in [2.75, 3.05) is 13.2 Å². The van der Waals surface area contributed by atoms with E-state index >= 15 is 0 Å². The van der Waals surface area contributed by atoms with E-state index in [-0.39, 0.29) is 23.7 Å². The second-order valence-electron chi connectivity index (χ2n) is 7.04. The first kappa shape index (κ1) is 18.6. The van der Waals surface area contributed by atoms with E-state index in [0.29, 0.717) is 13.2 Å². The second kappa shape index (κ2) is 8.09. The van der Waals surface area contributed by atoms with Gasteiger partial charge in [0.05, 0.1) is 18.6 Å². The van der Waals surface area contributed by atoms with E-state index in [4.69, 9.17) is 9.57 Å². The molecule has 28 heavy (non-hydrogen) atoms. The molecule has 0 N–H and O–H groups in total. The molecule has 5 nitrogen and oxygen atoms in total. The van der Waals surface area contributed by atoms with Crippen LogP contribution in [0.2, 0.25) is 0 Å². The number of rotatable bonds is 5. The molecular formula is C23H23NO4. The van der Waals surface area contributed by atoms with Crippen molar-refractivity contribution < 1.29 is 19.2 Å². The van der Waals surface area contributed by atoms with E-state index < -0.39 is 12.0 Å². The number of esters is 1. The summed E-state index contributed by atoms with van der Waals surface area (Å²) in [5.74, 6) is -1.000. The molecule has 2 aromatic carbocycles. The fourth-order valence-corrected chi connectivity index (χ4v) is 3.99. The van der Waals surface area contributed by atoms with Crippen LogP contribution >= 0.6 is 0 Å². The maximum Gasteiger partial charge on any atom is 0.313 e. The van der Waals surface area contributed by atoms with Gasteiger partial charge in [-0.25, -0.2) is 0 Å². The quantitative estimate of drug-likeness (QED) is 0.747. The average molecular weight is 377 g/mol. The monoisotopic (exact) mass is 377 g/mol. The number of allylic oxidation sites excluding steroid dienone is 1. The number of hydroxylamine groups is 2. The summed E-state index contributed by atoms with van der Waals surface area (Å²) in [4.78, 5) is 31.4. The molecule has 0 saturated carbocycles. The lowest BCUT2D eigenvalue weighted by atomic mass is 9.91. The molecule has 1 aliphatic heterocycles. The molecule has 1 fully saturated rings. The van der Waals surface area contributed by atoms with Crippen LogP contribution in [-0.4, -0.2) is 36.0 Å². The molecule has 4 rings (SSSR count). The van der Waals surface area contributed by atoms with Crippen molar-refractivity contribution in [1.82, 2.24) is 5.06 Å². The third kappa shape index (κ3) is 3.51. The van der Waals surface area contributed by atoms with E-state index in [1.807, 2.05) is 66.7 Å². The number of carbonyl (C=O) groups excluding carboxylic acids is 2. The minimum Gasteiger partial charge on any atom is -0.466 e. The predicted octanol–water partition coefficient (Wildman–Crippen LogP) is 3.45. The second-order valence-corrected chi connectivity index (χ2v) is 7.04. The molecule has 0 spiro atoms. The number of benzene rings is 2. The van der Waals surface area contributed by atoms with Gasteiger partial charge in [-0.15, -0.1) is 0 Å². The molecule has 0 radical (unpaired) electrons. The van der Waals surface area contributed by atoms with Crippen molar-refractivity contribution >= 4 is 11.8 Å². The van der Waals surface area contributed by atoms with Crippen molar-refractivity contribution in [1.29, 1.82) is 0 Å². The molecule has 0 aromatic heterocycles. The summed E-state index contributed by atoms with van der Waals surface area (Å²) in [7, 11) is 0. The lowest BCUT2D eigenvalue weighted by Gasteiger charge is -2.27. The van der Waals surface area contributed by atoms with Gasteiger partial charge in [0.2, 0.25) is 0 Å². The highest BCUT2D eigenvalue weighted by atomic mass is 16.7. The lowest BCUT2D eigenvalue weighted by molar-refractivity contribution is -0.172. The largest absolute Gasteiger partial charge is 0.466 e. The highest BCUT2D eigenvalue weighted by Gasteiger charge is 2.46. The van der Waals surface area contributed by atoms with Crippen LogP contribution in [-0.2, 0) is 19.2 Å². The number of hydrogen-bond acceptors (Lipinski definition) is 5. The number of carbonyl (C=O) groups is 2. The molecule has 2 aromatic rings. The fraction of sp³-hybridized carbons (Fsp3) is 0.304. The molecule has 1 saturated heterocycles. The highest BCUT2D eigenvalue weighted by Crippen LogP contribution is 2.40.